The van der Waals surface area contributed by atoms with Crippen LogP contribution in [0, 0.1) is 0 Å². The number of aromatic carboxylic acids is 1. The Morgan fingerprint density at radius 3 is 2.47 bits per heavy atom. The van der Waals surface area contributed by atoms with Crippen LogP contribution in [0.3, 0.4) is 0 Å². The molecule has 4 nitrogen and oxygen atoms in total. The molecule has 0 atom stereocenters. The van der Waals surface area contributed by atoms with Crippen molar-refractivity contribution < 1.29 is 9.90 Å². The molecule has 0 aliphatic rings. The van der Waals surface area contributed by atoms with Gasteiger partial charge in [-0.2, -0.15) is 0 Å². The van der Waals surface area contributed by atoms with Gasteiger partial charge in [0.05, 0.1) is 12.1 Å². The topological polar surface area (TPSA) is 59.3 Å². The lowest BCUT2D eigenvalue weighted by Gasteiger charge is -2.10. The van der Waals surface area contributed by atoms with E-state index >= 15 is 0 Å². The number of carboxylic acids is 1. The van der Waals surface area contributed by atoms with Gasteiger partial charge in [-0.05, 0) is 23.6 Å². The Balaban J connectivity index is 2.40. The second kappa shape index (κ2) is 5.52. The smallest absolute Gasteiger partial charge is 0.337 e. The van der Waals surface area contributed by atoms with Crippen LogP contribution in [0.2, 0.25) is 0 Å². The fraction of sp³-hybridized carbons (Fsp3) is 0.200. The lowest BCUT2D eigenvalue weighted by Crippen LogP contribution is -2.21. The standard InChI is InChI=1S/C15H15NO3/c1-2-11-5-3-4-6-12(11)9-16-10-13(15(18)19)7-8-14(16)17/h3-8,10H,2,9H2,1H3,(H,18,19). The first-order valence-electron chi connectivity index (χ1n) is 6.12. The third-order valence-electron chi connectivity index (χ3n) is 3.07. The summed E-state index contributed by atoms with van der Waals surface area (Å²) in [5.41, 5.74) is 2.12. The van der Waals surface area contributed by atoms with E-state index in [1.807, 2.05) is 24.3 Å². The summed E-state index contributed by atoms with van der Waals surface area (Å²) in [4.78, 5) is 22.7. The second-order valence-corrected chi connectivity index (χ2v) is 4.31. The van der Waals surface area contributed by atoms with Crippen molar-refractivity contribution in [2.75, 3.05) is 0 Å². The fourth-order valence-electron chi connectivity index (χ4n) is 2.02. The van der Waals surface area contributed by atoms with E-state index in [1.165, 1.54) is 22.9 Å². The second-order valence-electron chi connectivity index (χ2n) is 4.31. The summed E-state index contributed by atoms with van der Waals surface area (Å²) in [5.74, 6) is -1.03. The predicted molar refractivity (Wildman–Crippen MR) is 72.6 cm³/mol. The van der Waals surface area contributed by atoms with Crippen LogP contribution >= 0.6 is 0 Å². The summed E-state index contributed by atoms with van der Waals surface area (Å²) < 4.78 is 1.43. The van der Waals surface area contributed by atoms with Crippen LogP contribution in [0.1, 0.15) is 28.4 Å². The van der Waals surface area contributed by atoms with Gasteiger partial charge in [-0.3, -0.25) is 4.79 Å². The van der Waals surface area contributed by atoms with Crippen molar-refractivity contribution in [1.82, 2.24) is 4.57 Å². The molecular weight excluding hydrogens is 242 g/mol. The number of benzene rings is 1. The highest BCUT2D eigenvalue weighted by Crippen LogP contribution is 2.10. The molecule has 0 unspecified atom stereocenters. The van der Waals surface area contributed by atoms with Crippen molar-refractivity contribution >= 4 is 5.97 Å². The zero-order chi connectivity index (χ0) is 13.8. The van der Waals surface area contributed by atoms with Crippen molar-refractivity contribution in [2.45, 2.75) is 19.9 Å². The van der Waals surface area contributed by atoms with E-state index in [1.54, 1.807) is 0 Å². The summed E-state index contributed by atoms with van der Waals surface area (Å²) in [6.07, 6.45) is 2.26. The lowest BCUT2D eigenvalue weighted by molar-refractivity contribution is 0.0696. The van der Waals surface area contributed by atoms with E-state index in [0.29, 0.717) is 6.54 Å². The molecule has 0 bridgehead atoms. The monoisotopic (exact) mass is 257 g/mol. The first-order valence-corrected chi connectivity index (χ1v) is 6.12. The van der Waals surface area contributed by atoms with Gasteiger partial charge in [-0.15, -0.1) is 0 Å². The van der Waals surface area contributed by atoms with Crippen molar-refractivity contribution in [2.24, 2.45) is 0 Å². The molecule has 1 heterocycles. The molecule has 98 valence electrons. The van der Waals surface area contributed by atoms with E-state index < -0.39 is 5.97 Å². The van der Waals surface area contributed by atoms with Gasteiger partial charge in [0.2, 0.25) is 0 Å². The quantitative estimate of drug-likeness (QED) is 0.913. The van der Waals surface area contributed by atoms with Gasteiger partial charge in [0.25, 0.3) is 5.56 Å². The molecule has 0 radical (unpaired) electrons. The molecule has 0 fully saturated rings. The molecule has 0 amide bonds. The number of nitrogens with zero attached hydrogens (tertiary/aromatic N) is 1. The summed E-state index contributed by atoms with van der Waals surface area (Å²) in [5, 5.41) is 8.95. The molecule has 2 rings (SSSR count). The Morgan fingerprint density at radius 2 is 1.84 bits per heavy atom. The largest absolute Gasteiger partial charge is 0.478 e. The van der Waals surface area contributed by atoms with Crippen LogP contribution in [-0.2, 0) is 13.0 Å². The highest BCUT2D eigenvalue weighted by molar-refractivity contribution is 5.87. The Labute approximate surface area is 110 Å². The summed E-state index contributed by atoms with van der Waals surface area (Å²) in [7, 11) is 0. The fourth-order valence-corrected chi connectivity index (χ4v) is 2.02. The van der Waals surface area contributed by atoms with Gasteiger partial charge >= 0.3 is 5.97 Å². The van der Waals surface area contributed by atoms with E-state index in [0.717, 1.165) is 17.5 Å². The van der Waals surface area contributed by atoms with Crippen LogP contribution in [0.25, 0.3) is 0 Å². The van der Waals surface area contributed by atoms with Gasteiger partial charge < -0.3 is 9.67 Å². The SMILES string of the molecule is CCc1ccccc1Cn1cc(C(=O)O)ccc1=O. The maximum atomic E-state index is 11.8. The highest BCUT2D eigenvalue weighted by atomic mass is 16.4. The van der Waals surface area contributed by atoms with Gasteiger partial charge in [-0.1, -0.05) is 31.2 Å². The Bertz CT molecular complexity index is 658. The third kappa shape index (κ3) is 2.91. The number of rotatable bonds is 4. The van der Waals surface area contributed by atoms with Crippen molar-refractivity contribution in [3.05, 3.63) is 69.6 Å². The van der Waals surface area contributed by atoms with Crippen LogP contribution in [0.4, 0.5) is 0 Å². The number of aromatic nitrogens is 1. The zero-order valence-electron chi connectivity index (χ0n) is 10.7. The van der Waals surface area contributed by atoms with Crippen LogP contribution in [0.15, 0.2) is 47.4 Å². The molecule has 1 N–H and O–H groups in total. The minimum absolute atomic E-state index is 0.119. The molecule has 0 aliphatic carbocycles. The average Bonchev–Trinajstić information content (AvgIpc) is 2.41. The van der Waals surface area contributed by atoms with Crippen molar-refractivity contribution in [1.29, 1.82) is 0 Å². The predicted octanol–water partition coefficient (Wildman–Crippen LogP) is 2.16. The Hall–Kier alpha value is -2.36. The van der Waals surface area contributed by atoms with E-state index in [2.05, 4.69) is 6.92 Å². The molecule has 0 aliphatic heterocycles. The number of hydrogen-bond acceptors (Lipinski definition) is 2. The number of pyridine rings is 1. The average molecular weight is 257 g/mol. The van der Waals surface area contributed by atoms with Crippen molar-refractivity contribution in [3.8, 4) is 0 Å². The van der Waals surface area contributed by atoms with Gasteiger partial charge in [-0.25, -0.2) is 4.79 Å². The van der Waals surface area contributed by atoms with Crippen molar-refractivity contribution in [3.63, 3.8) is 0 Å². The minimum atomic E-state index is -1.03. The maximum Gasteiger partial charge on any atom is 0.337 e. The van der Waals surface area contributed by atoms with Crippen LogP contribution < -0.4 is 5.56 Å². The van der Waals surface area contributed by atoms with Gasteiger partial charge in [0.15, 0.2) is 0 Å². The Kier molecular flexibility index (Phi) is 3.80. The number of carbonyl (C=O) groups is 1. The molecular formula is C15H15NO3. The number of hydrogen-bond donors (Lipinski definition) is 1. The van der Waals surface area contributed by atoms with E-state index in [4.69, 9.17) is 5.11 Å². The third-order valence-corrected chi connectivity index (χ3v) is 3.07. The Morgan fingerprint density at radius 1 is 1.16 bits per heavy atom. The molecule has 19 heavy (non-hydrogen) atoms. The number of carboxylic acid groups (broad SMARTS) is 1. The molecule has 1 aromatic carbocycles. The van der Waals surface area contributed by atoms with Crippen LogP contribution in [0.5, 0.6) is 0 Å². The zero-order valence-corrected chi connectivity index (χ0v) is 10.7. The maximum absolute atomic E-state index is 11.8. The van der Waals surface area contributed by atoms with Gasteiger partial charge in [0.1, 0.15) is 0 Å². The highest BCUT2D eigenvalue weighted by Gasteiger charge is 2.07. The van der Waals surface area contributed by atoms with E-state index in [-0.39, 0.29) is 11.1 Å². The minimum Gasteiger partial charge on any atom is -0.478 e. The summed E-state index contributed by atoms with van der Waals surface area (Å²) >= 11 is 0. The normalized spacial score (nSPS) is 10.4. The first kappa shape index (κ1) is 13.1. The number of aryl methyl sites for hydroxylation is 1. The molecule has 0 saturated carbocycles. The molecule has 2 aromatic rings. The first-order chi connectivity index (χ1) is 9.11. The summed E-state index contributed by atoms with van der Waals surface area (Å²) in [6.45, 7) is 2.44. The van der Waals surface area contributed by atoms with Crippen LogP contribution in [-0.4, -0.2) is 15.6 Å². The lowest BCUT2D eigenvalue weighted by atomic mass is 10.1. The molecule has 1 aromatic heterocycles. The molecule has 4 heteroatoms. The molecule has 0 saturated heterocycles. The van der Waals surface area contributed by atoms with E-state index in [9.17, 15) is 9.59 Å². The molecule has 0 spiro atoms. The van der Waals surface area contributed by atoms with Gasteiger partial charge in [0, 0.05) is 12.3 Å². The summed E-state index contributed by atoms with van der Waals surface area (Å²) in [6, 6.07) is 10.5.